The second kappa shape index (κ2) is 5.29. The Labute approximate surface area is 83.9 Å². The summed E-state index contributed by atoms with van der Waals surface area (Å²) in [7, 11) is 0. The third-order valence-electron chi connectivity index (χ3n) is 2.11. The Bertz CT molecular complexity index is 192. The maximum Gasteiger partial charge on any atom is 0.246 e. The highest BCUT2D eigenvalue weighted by molar-refractivity contribution is 5.77. The Balaban J connectivity index is 2.03. The minimum absolute atomic E-state index is 0.0911. The third kappa shape index (κ3) is 3.61. The molecule has 14 heavy (non-hydrogen) atoms. The first-order valence-corrected chi connectivity index (χ1v) is 4.78. The molecule has 0 aliphatic carbocycles. The molecule has 1 aliphatic rings. The van der Waals surface area contributed by atoms with E-state index < -0.39 is 0 Å². The smallest absolute Gasteiger partial charge is 0.246 e. The highest BCUT2D eigenvalue weighted by Crippen LogP contribution is 2.24. The van der Waals surface area contributed by atoms with Gasteiger partial charge >= 0.3 is 0 Å². The van der Waals surface area contributed by atoms with Gasteiger partial charge in [-0.1, -0.05) is 6.92 Å². The van der Waals surface area contributed by atoms with Gasteiger partial charge in [-0.2, -0.15) is 0 Å². The molecule has 1 aliphatic heterocycles. The zero-order valence-corrected chi connectivity index (χ0v) is 8.54. The summed E-state index contributed by atoms with van der Waals surface area (Å²) in [6, 6.07) is 0. The van der Waals surface area contributed by atoms with Crippen molar-refractivity contribution in [2.75, 3.05) is 39.5 Å². The monoisotopic (exact) mass is 202 g/mol. The van der Waals surface area contributed by atoms with Crippen LogP contribution in [0.15, 0.2) is 0 Å². The van der Waals surface area contributed by atoms with Gasteiger partial charge in [0.1, 0.15) is 6.61 Å². The van der Waals surface area contributed by atoms with Crippen LogP contribution in [0.4, 0.5) is 0 Å². The topological polar surface area (TPSA) is 73.6 Å². The van der Waals surface area contributed by atoms with Gasteiger partial charge in [0, 0.05) is 18.5 Å². The lowest BCUT2D eigenvalue weighted by Crippen LogP contribution is -2.49. The summed E-state index contributed by atoms with van der Waals surface area (Å²) in [6.07, 6.45) is 0. The average Bonchev–Trinajstić information content (AvgIpc) is 2.12. The maximum atomic E-state index is 11.2. The van der Waals surface area contributed by atoms with E-state index in [0.717, 1.165) is 13.2 Å². The molecular formula is C9H18N2O3. The summed E-state index contributed by atoms with van der Waals surface area (Å²) in [4.78, 5) is 11.2. The molecule has 5 heteroatoms. The van der Waals surface area contributed by atoms with E-state index in [1.54, 1.807) is 0 Å². The van der Waals surface area contributed by atoms with Crippen molar-refractivity contribution in [3.8, 4) is 0 Å². The van der Waals surface area contributed by atoms with E-state index in [9.17, 15) is 4.79 Å². The van der Waals surface area contributed by atoms with Crippen LogP contribution in [0.1, 0.15) is 6.92 Å². The largest absolute Gasteiger partial charge is 0.380 e. The summed E-state index contributed by atoms with van der Waals surface area (Å²) in [5, 5.41) is 2.80. The predicted octanol–water partition coefficient (Wildman–Crippen LogP) is -0.886. The van der Waals surface area contributed by atoms with Crippen molar-refractivity contribution in [2.45, 2.75) is 6.92 Å². The quantitative estimate of drug-likeness (QED) is 0.548. The Hall–Kier alpha value is -0.650. The van der Waals surface area contributed by atoms with Crippen LogP contribution in [0.25, 0.3) is 0 Å². The average molecular weight is 202 g/mol. The number of hydrogen-bond acceptors (Lipinski definition) is 4. The number of rotatable bonds is 6. The SMILES string of the molecule is CC1(CNC(=O)COCCN)COC1. The minimum atomic E-state index is -0.0911. The molecule has 1 saturated heterocycles. The summed E-state index contributed by atoms with van der Waals surface area (Å²) >= 11 is 0. The predicted molar refractivity (Wildman–Crippen MR) is 51.8 cm³/mol. The molecule has 1 heterocycles. The van der Waals surface area contributed by atoms with Gasteiger partial charge < -0.3 is 20.5 Å². The van der Waals surface area contributed by atoms with Crippen LogP contribution in [0.2, 0.25) is 0 Å². The Morgan fingerprint density at radius 1 is 1.64 bits per heavy atom. The van der Waals surface area contributed by atoms with Gasteiger partial charge in [-0.25, -0.2) is 0 Å². The number of nitrogens with one attached hydrogen (secondary N) is 1. The molecule has 0 aromatic rings. The standard InChI is InChI=1S/C9H18N2O3/c1-9(6-14-7-9)5-11-8(12)4-13-3-2-10/h2-7,10H2,1H3,(H,11,12). The van der Waals surface area contributed by atoms with Crippen molar-refractivity contribution >= 4 is 5.91 Å². The minimum Gasteiger partial charge on any atom is -0.380 e. The molecule has 82 valence electrons. The van der Waals surface area contributed by atoms with Crippen molar-refractivity contribution in [3.05, 3.63) is 0 Å². The molecule has 0 unspecified atom stereocenters. The van der Waals surface area contributed by atoms with E-state index in [0.29, 0.717) is 19.7 Å². The zero-order valence-electron chi connectivity index (χ0n) is 8.54. The summed E-state index contributed by atoms with van der Waals surface area (Å²) in [6.45, 7) is 5.13. The number of carbonyl (C=O) groups is 1. The third-order valence-corrected chi connectivity index (χ3v) is 2.11. The van der Waals surface area contributed by atoms with Crippen molar-refractivity contribution in [1.82, 2.24) is 5.32 Å². The fourth-order valence-corrected chi connectivity index (χ4v) is 1.16. The summed E-state index contributed by atoms with van der Waals surface area (Å²) < 4.78 is 10.1. The van der Waals surface area contributed by atoms with Crippen molar-refractivity contribution < 1.29 is 14.3 Å². The van der Waals surface area contributed by atoms with Gasteiger partial charge in [0.15, 0.2) is 0 Å². The highest BCUT2D eigenvalue weighted by atomic mass is 16.5. The lowest BCUT2D eigenvalue weighted by atomic mass is 9.89. The zero-order chi connectivity index (χ0) is 10.4. The molecule has 1 rings (SSSR count). The first kappa shape index (κ1) is 11.4. The van der Waals surface area contributed by atoms with E-state index in [1.807, 2.05) is 0 Å². The number of carbonyl (C=O) groups excluding carboxylic acids is 1. The number of amides is 1. The molecule has 0 saturated carbocycles. The maximum absolute atomic E-state index is 11.2. The first-order valence-electron chi connectivity index (χ1n) is 4.78. The molecule has 3 N–H and O–H groups in total. The lowest BCUT2D eigenvalue weighted by Gasteiger charge is -2.37. The Kier molecular flexibility index (Phi) is 4.31. The first-order chi connectivity index (χ1) is 6.66. The number of nitrogens with two attached hydrogens (primary N) is 1. The van der Waals surface area contributed by atoms with Gasteiger partial charge in [0.05, 0.1) is 19.8 Å². The molecule has 1 fully saturated rings. The number of ether oxygens (including phenoxy) is 2. The van der Waals surface area contributed by atoms with Gasteiger partial charge in [0.2, 0.25) is 5.91 Å². The van der Waals surface area contributed by atoms with Gasteiger partial charge in [-0.05, 0) is 0 Å². The molecule has 0 spiro atoms. The second-order valence-electron chi connectivity index (χ2n) is 3.92. The Morgan fingerprint density at radius 2 is 2.36 bits per heavy atom. The van der Waals surface area contributed by atoms with Crippen molar-refractivity contribution in [1.29, 1.82) is 0 Å². The van der Waals surface area contributed by atoms with Gasteiger partial charge in [0.25, 0.3) is 0 Å². The normalized spacial score (nSPS) is 18.7. The van der Waals surface area contributed by atoms with Crippen LogP contribution in [-0.2, 0) is 14.3 Å². The van der Waals surface area contributed by atoms with Crippen molar-refractivity contribution in [3.63, 3.8) is 0 Å². The van der Waals surface area contributed by atoms with Gasteiger partial charge in [-0.3, -0.25) is 4.79 Å². The Morgan fingerprint density at radius 3 is 2.86 bits per heavy atom. The van der Waals surface area contributed by atoms with Crippen molar-refractivity contribution in [2.24, 2.45) is 11.1 Å². The van der Waals surface area contributed by atoms with Crippen LogP contribution in [0.5, 0.6) is 0 Å². The van der Waals surface area contributed by atoms with Crippen LogP contribution in [0.3, 0.4) is 0 Å². The number of hydrogen-bond donors (Lipinski definition) is 2. The molecule has 0 aromatic heterocycles. The van der Waals surface area contributed by atoms with E-state index in [4.69, 9.17) is 15.2 Å². The fourth-order valence-electron chi connectivity index (χ4n) is 1.16. The van der Waals surface area contributed by atoms with Gasteiger partial charge in [-0.15, -0.1) is 0 Å². The molecule has 0 bridgehead atoms. The molecular weight excluding hydrogens is 184 g/mol. The molecule has 0 atom stereocenters. The molecule has 1 amide bonds. The lowest BCUT2D eigenvalue weighted by molar-refractivity contribution is -0.130. The van der Waals surface area contributed by atoms with E-state index in [-0.39, 0.29) is 17.9 Å². The molecule has 0 aromatic carbocycles. The summed E-state index contributed by atoms with van der Waals surface area (Å²) in [5.41, 5.74) is 5.33. The van der Waals surface area contributed by atoms with Crippen LogP contribution in [0, 0.1) is 5.41 Å². The van der Waals surface area contributed by atoms with E-state index in [2.05, 4.69) is 12.2 Å². The fraction of sp³-hybridized carbons (Fsp3) is 0.889. The van der Waals surface area contributed by atoms with E-state index >= 15 is 0 Å². The summed E-state index contributed by atoms with van der Waals surface area (Å²) in [5.74, 6) is -0.0911. The highest BCUT2D eigenvalue weighted by Gasteiger charge is 2.33. The second-order valence-corrected chi connectivity index (χ2v) is 3.92. The van der Waals surface area contributed by atoms with Crippen LogP contribution < -0.4 is 11.1 Å². The van der Waals surface area contributed by atoms with Crippen LogP contribution in [-0.4, -0.2) is 45.4 Å². The molecule has 5 nitrogen and oxygen atoms in total. The van der Waals surface area contributed by atoms with Crippen LogP contribution >= 0.6 is 0 Å². The molecule has 0 radical (unpaired) electrons. The van der Waals surface area contributed by atoms with E-state index in [1.165, 1.54) is 0 Å².